The Morgan fingerprint density at radius 3 is 2.36 bits per heavy atom. The van der Waals surface area contributed by atoms with Crippen molar-refractivity contribution in [3.63, 3.8) is 0 Å². The van der Waals surface area contributed by atoms with Crippen molar-refractivity contribution in [1.82, 2.24) is 0 Å². The van der Waals surface area contributed by atoms with Crippen molar-refractivity contribution in [1.29, 1.82) is 0 Å². The van der Waals surface area contributed by atoms with Crippen molar-refractivity contribution in [2.45, 2.75) is 36.9 Å². The van der Waals surface area contributed by atoms with Gasteiger partial charge >= 0.3 is 5.97 Å². The van der Waals surface area contributed by atoms with Crippen LogP contribution < -0.4 is 4.74 Å². The molecule has 1 unspecified atom stereocenters. The molecule has 0 saturated heterocycles. The lowest BCUT2D eigenvalue weighted by atomic mass is 9.96. The average Bonchev–Trinajstić information content (AvgIpc) is 2.58. The first-order chi connectivity index (χ1) is 11.9. The van der Waals surface area contributed by atoms with Crippen molar-refractivity contribution in [2.75, 3.05) is 13.7 Å². The Hall–Kier alpha value is -1.98. The number of esters is 1. The molecule has 0 aromatic heterocycles. The molecular formula is C20H24O4S. The van der Waals surface area contributed by atoms with E-state index in [4.69, 9.17) is 14.2 Å². The first kappa shape index (κ1) is 19.3. The van der Waals surface area contributed by atoms with Gasteiger partial charge in [0.15, 0.2) is 6.61 Å². The fraction of sp³-hybridized carbons (Fsp3) is 0.350. The minimum absolute atomic E-state index is 0.157. The van der Waals surface area contributed by atoms with Gasteiger partial charge in [-0.15, -0.1) is 0 Å². The smallest absolute Gasteiger partial charge is 0.346 e. The maximum Gasteiger partial charge on any atom is 0.346 e. The average molecular weight is 360 g/mol. The van der Waals surface area contributed by atoms with Crippen LogP contribution in [0.3, 0.4) is 0 Å². The normalized spacial score (nSPS) is 12.5. The van der Waals surface area contributed by atoms with Crippen molar-refractivity contribution >= 4 is 17.7 Å². The van der Waals surface area contributed by atoms with Gasteiger partial charge in [-0.3, -0.25) is 0 Å². The molecule has 4 nitrogen and oxygen atoms in total. The Labute approximate surface area is 153 Å². The van der Waals surface area contributed by atoms with Gasteiger partial charge in [0.05, 0.1) is 0 Å². The minimum atomic E-state index is -0.608. The van der Waals surface area contributed by atoms with E-state index in [1.165, 1.54) is 7.11 Å². The highest BCUT2D eigenvalue weighted by atomic mass is 32.2. The number of hydrogen-bond donors (Lipinski definition) is 0. The minimum Gasteiger partial charge on any atom is -0.482 e. The maximum atomic E-state index is 12.0. The Bertz CT molecular complexity index is 680. The van der Waals surface area contributed by atoms with E-state index in [1.54, 1.807) is 11.8 Å². The zero-order valence-corrected chi connectivity index (χ0v) is 15.8. The van der Waals surface area contributed by atoms with E-state index in [0.29, 0.717) is 5.75 Å². The molecular weight excluding hydrogens is 336 g/mol. The number of rotatable bonds is 7. The predicted octanol–water partition coefficient (Wildman–Crippen LogP) is 4.78. The second-order valence-electron chi connectivity index (χ2n) is 6.60. The second kappa shape index (κ2) is 8.92. The molecule has 2 rings (SSSR count). The molecule has 2 aromatic rings. The van der Waals surface area contributed by atoms with Gasteiger partial charge in [-0.05, 0) is 30.3 Å². The molecule has 1 atom stereocenters. The monoisotopic (exact) mass is 360 g/mol. The fourth-order valence-corrected chi connectivity index (χ4v) is 3.01. The van der Waals surface area contributed by atoms with Crippen LogP contribution in [0.25, 0.3) is 0 Å². The van der Waals surface area contributed by atoms with E-state index in [1.807, 2.05) is 75.4 Å². The van der Waals surface area contributed by atoms with Gasteiger partial charge in [0, 0.05) is 22.3 Å². The van der Waals surface area contributed by atoms with Gasteiger partial charge < -0.3 is 14.2 Å². The van der Waals surface area contributed by atoms with Crippen LogP contribution in [0.2, 0.25) is 0 Å². The molecule has 0 saturated carbocycles. The Morgan fingerprint density at radius 2 is 1.72 bits per heavy atom. The second-order valence-corrected chi connectivity index (χ2v) is 7.75. The molecule has 25 heavy (non-hydrogen) atoms. The number of methoxy groups -OCH3 is 1. The number of benzene rings is 2. The lowest BCUT2D eigenvalue weighted by Gasteiger charge is -2.28. The largest absolute Gasteiger partial charge is 0.482 e. The maximum absolute atomic E-state index is 12.0. The van der Waals surface area contributed by atoms with Crippen LogP contribution in [0, 0.1) is 5.41 Å². The third kappa shape index (κ3) is 6.44. The highest BCUT2D eigenvalue weighted by molar-refractivity contribution is 7.99. The van der Waals surface area contributed by atoms with E-state index >= 15 is 0 Å². The number of carbonyl (C=O) groups excluding carboxylic acids is 1. The van der Waals surface area contributed by atoms with Crippen molar-refractivity contribution < 1.29 is 19.0 Å². The van der Waals surface area contributed by atoms with E-state index in [2.05, 4.69) is 0 Å². The van der Waals surface area contributed by atoms with Crippen LogP contribution in [0.15, 0.2) is 64.4 Å². The van der Waals surface area contributed by atoms with E-state index < -0.39 is 12.3 Å². The summed E-state index contributed by atoms with van der Waals surface area (Å²) < 4.78 is 16.1. The van der Waals surface area contributed by atoms with Crippen LogP contribution in [0.4, 0.5) is 0 Å². The Balaban J connectivity index is 1.90. The SMILES string of the molecule is COC(OC(=O)COc1cccc(Sc2ccccc2)c1)C(C)(C)C. The van der Waals surface area contributed by atoms with Gasteiger partial charge in [-0.25, -0.2) is 4.79 Å². The van der Waals surface area contributed by atoms with Crippen molar-refractivity contribution in [3.05, 3.63) is 54.6 Å². The summed E-state index contributed by atoms with van der Waals surface area (Å²) in [5, 5.41) is 0. The van der Waals surface area contributed by atoms with Crippen LogP contribution >= 0.6 is 11.8 Å². The fourth-order valence-electron chi connectivity index (χ4n) is 2.13. The van der Waals surface area contributed by atoms with Crippen LogP contribution in [-0.4, -0.2) is 26.0 Å². The summed E-state index contributed by atoms with van der Waals surface area (Å²) in [7, 11) is 1.52. The Morgan fingerprint density at radius 1 is 1.04 bits per heavy atom. The van der Waals surface area contributed by atoms with E-state index in [-0.39, 0.29) is 12.0 Å². The predicted molar refractivity (Wildman–Crippen MR) is 98.8 cm³/mol. The van der Waals surface area contributed by atoms with Gasteiger partial charge in [-0.1, -0.05) is 56.8 Å². The summed E-state index contributed by atoms with van der Waals surface area (Å²) in [5.41, 5.74) is -0.295. The van der Waals surface area contributed by atoms with Crippen LogP contribution in [0.5, 0.6) is 5.75 Å². The molecule has 5 heteroatoms. The summed E-state index contributed by atoms with van der Waals surface area (Å²) in [6.45, 7) is 5.67. The molecule has 0 aliphatic rings. The molecule has 0 bridgehead atoms. The molecule has 134 valence electrons. The highest BCUT2D eigenvalue weighted by Crippen LogP contribution is 2.29. The molecule has 0 amide bonds. The summed E-state index contributed by atoms with van der Waals surface area (Å²) in [4.78, 5) is 14.2. The quantitative estimate of drug-likeness (QED) is 0.525. The van der Waals surface area contributed by atoms with Gasteiger partial charge in [0.25, 0.3) is 0 Å². The van der Waals surface area contributed by atoms with Gasteiger partial charge in [0.1, 0.15) is 5.75 Å². The molecule has 0 radical (unpaired) electrons. The summed E-state index contributed by atoms with van der Waals surface area (Å²) in [6, 6.07) is 17.7. The topological polar surface area (TPSA) is 44.8 Å². The third-order valence-electron chi connectivity index (χ3n) is 3.30. The number of carbonyl (C=O) groups is 1. The van der Waals surface area contributed by atoms with Crippen LogP contribution in [-0.2, 0) is 14.3 Å². The molecule has 0 aliphatic carbocycles. The molecule has 2 aromatic carbocycles. The van der Waals surface area contributed by atoms with E-state index in [0.717, 1.165) is 9.79 Å². The van der Waals surface area contributed by atoms with Gasteiger partial charge in [0.2, 0.25) is 6.29 Å². The summed E-state index contributed by atoms with van der Waals surface area (Å²) in [6.07, 6.45) is -0.608. The Kier molecular flexibility index (Phi) is 6.91. The third-order valence-corrected chi connectivity index (χ3v) is 4.30. The summed E-state index contributed by atoms with van der Waals surface area (Å²) in [5.74, 6) is 0.172. The van der Waals surface area contributed by atoms with Crippen LogP contribution in [0.1, 0.15) is 20.8 Å². The first-order valence-electron chi connectivity index (χ1n) is 8.06. The number of ether oxygens (including phenoxy) is 3. The lowest BCUT2D eigenvalue weighted by molar-refractivity contribution is -0.197. The lowest BCUT2D eigenvalue weighted by Crippen LogP contribution is -2.34. The molecule has 0 aliphatic heterocycles. The van der Waals surface area contributed by atoms with Gasteiger partial charge in [-0.2, -0.15) is 0 Å². The van der Waals surface area contributed by atoms with E-state index in [9.17, 15) is 4.79 Å². The first-order valence-corrected chi connectivity index (χ1v) is 8.88. The molecule has 0 fully saturated rings. The highest BCUT2D eigenvalue weighted by Gasteiger charge is 2.28. The standard InChI is InChI=1S/C20H24O4S/c1-20(2,3)19(22-4)24-18(21)14-23-15-9-8-12-17(13-15)25-16-10-6-5-7-11-16/h5-13,19H,14H2,1-4H3. The van der Waals surface area contributed by atoms with Crippen molar-refractivity contribution in [2.24, 2.45) is 5.41 Å². The molecule has 0 heterocycles. The zero-order valence-electron chi connectivity index (χ0n) is 15.0. The zero-order chi connectivity index (χ0) is 18.3. The summed E-state index contributed by atoms with van der Waals surface area (Å²) >= 11 is 1.64. The number of hydrogen-bond acceptors (Lipinski definition) is 5. The van der Waals surface area contributed by atoms with Crippen molar-refractivity contribution in [3.8, 4) is 5.75 Å². The molecule has 0 N–H and O–H groups in total. The molecule has 0 spiro atoms.